The molecule has 0 amide bonds. The van der Waals surface area contributed by atoms with Crippen LogP contribution in [0, 0.1) is 0 Å². The summed E-state index contributed by atoms with van der Waals surface area (Å²) >= 11 is 0. The summed E-state index contributed by atoms with van der Waals surface area (Å²) in [5, 5.41) is 9.16. The van der Waals surface area contributed by atoms with Gasteiger partial charge in [-0.1, -0.05) is 40.7 Å². The predicted molar refractivity (Wildman–Crippen MR) is 85.3 cm³/mol. The molecule has 1 unspecified atom stereocenters. The van der Waals surface area contributed by atoms with Crippen LogP contribution in [-0.4, -0.2) is 23.4 Å². The van der Waals surface area contributed by atoms with Crippen LogP contribution >= 0.6 is 0 Å². The Labute approximate surface area is 139 Å². The van der Waals surface area contributed by atoms with Gasteiger partial charge >= 0.3 is 12.1 Å². The lowest BCUT2D eigenvalue weighted by Gasteiger charge is -2.31. The Hall–Kier alpha value is -1.98. The first kappa shape index (κ1) is 18.4. The topological polar surface area (TPSA) is 46.5 Å². The molecule has 3 nitrogen and oxygen atoms in total. The lowest BCUT2D eigenvalue weighted by atomic mass is 9.82. The third kappa shape index (κ3) is 3.42. The molecular formula is C18H21F3O3. The maximum atomic E-state index is 13.2. The average Bonchev–Trinajstić information content (AvgIpc) is 2.42. The largest absolute Gasteiger partial charge is 0.478 e. The van der Waals surface area contributed by atoms with E-state index in [2.05, 4.69) is 0 Å². The zero-order chi connectivity index (χ0) is 18.4. The van der Waals surface area contributed by atoms with E-state index < -0.39 is 23.8 Å². The standard InChI is InChI=1S/C18H21F3O3/c1-9(2)12-8-11(17(3,4)5)6-10-7-13(16(22)23)15(18(19,20)21)24-14(10)12/h6-9,15H,1-5H3,(H,22,23). The number of carboxylic acid groups (broad SMARTS) is 1. The van der Waals surface area contributed by atoms with Crippen LogP contribution in [0.1, 0.15) is 57.2 Å². The highest BCUT2D eigenvalue weighted by atomic mass is 19.4. The first-order valence-corrected chi connectivity index (χ1v) is 7.69. The highest BCUT2D eigenvalue weighted by molar-refractivity contribution is 5.95. The molecule has 0 bridgehead atoms. The van der Waals surface area contributed by atoms with Gasteiger partial charge in [-0.25, -0.2) is 4.79 Å². The second kappa shape index (κ2) is 5.83. The van der Waals surface area contributed by atoms with Gasteiger partial charge in [-0.3, -0.25) is 0 Å². The number of ether oxygens (including phenoxy) is 1. The van der Waals surface area contributed by atoms with Gasteiger partial charge in [0.2, 0.25) is 6.10 Å². The molecule has 1 aromatic rings. The van der Waals surface area contributed by atoms with Crippen LogP contribution in [-0.2, 0) is 10.2 Å². The van der Waals surface area contributed by atoms with Gasteiger partial charge in [-0.2, -0.15) is 13.2 Å². The first-order chi connectivity index (χ1) is 10.8. The Kier molecular flexibility index (Phi) is 4.46. The van der Waals surface area contributed by atoms with E-state index in [1.165, 1.54) is 0 Å². The van der Waals surface area contributed by atoms with E-state index in [1.54, 1.807) is 6.07 Å². The molecule has 0 aromatic heterocycles. The summed E-state index contributed by atoms with van der Waals surface area (Å²) in [6.07, 6.45) is -6.17. The van der Waals surface area contributed by atoms with Crippen molar-refractivity contribution in [3.05, 3.63) is 34.4 Å². The summed E-state index contributed by atoms with van der Waals surface area (Å²) in [4.78, 5) is 11.3. The maximum Gasteiger partial charge on any atom is 0.430 e. The van der Waals surface area contributed by atoms with E-state index in [1.807, 2.05) is 40.7 Å². The zero-order valence-corrected chi connectivity index (χ0v) is 14.3. The summed E-state index contributed by atoms with van der Waals surface area (Å²) in [5.74, 6) is -1.57. The molecule has 0 radical (unpaired) electrons. The van der Waals surface area contributed by atoms with E-state index in [0.717, 1.165) is 11.6 Å². The fraction of sp³-hybridized carbons (Fsp3) is 0.500. The number of hydrogen-bond donors (Lipinski definition) is 1. The Bertz CT molecular complexity index is 695. The van der Waals surface area contributed by atoms with Crippen LogP contribution in [0.2, 0.25) is 0 Å². The molecule has 1 aliphatic rings. The van der Waals surface area contributed by atoms with Crippen molar-refractivity contribution in [2.75, 3.05) is 0 Å². The van der Waals surface area contributed by atoms with E-state index in [-0.39, 0.29) is 17.1 Å². The number of halogens is 3. The fourth-order valence-corrected chi connectivity index (χ4v) is 2.62. The molecule has 0 fully saturated rings. The molecule has 0 saturated carbocycles. The summed E-state index contributed by atoms with van der Waals surface area (Å²) in [7, 11) is 0. The molecule has 1 N–H and O–H groups in total. The molecule has 0 saturated heterocycles. The second-order valence-electron chi connectivity index (χ2n) is 7.33. The van der Waals surface area contributed by atoms with Gasteiger partial charge in [0.1, 0.15) is 5.75 Å². The van der Waals surface area contributed by atoms with Crippen molar-refractivity contribution < 1.29 is 27.8 Å². The Morgan fingerprint density at radius 2 is 1.79 bits per heavy atom. The lowest BCUT2D eigenvalue weighted by molar-refractivity contribution is -0.187. The molecule has 0 spiro atoms. The molecule has 6 heteroatoms. The van der Waals surface area contributed by atoms with Crippen molar-refractivity contribution in [1.82, 2.24) is 0 Å². The van der Waals surface area contributed by atoms with Crippen LogP contribution in [0.5, 0.6) is 5.75 Å². The molecule has 2 rings (SSSR count). The number of rotatable bonds is 2. The third-order valence-electron chi connectivity index (χ3n) is 4.01. The van der Waals surface area contributed by atoms with Crippen molar-refractivity contribution >= 4 is 12.0 Å². The number of fused-ring (bicyclic) bond motifs is 1. The van der Waals surface area contributed by atoms with Crippen LogP contribution in [0.25, 0.3) is 6.08 Å². The average molecular weight is 342 g/mol. The third-order valence-corrected chi connectivity index (χ3v) is 4.01. The monoisotopic (exact) mass is 342 g/mol. The molecule has 1 heterocycles. The van der Waals surface area contributed by atoms with Crippen LogP contribution in [0.4, 0.5) is 13.2 Å². The first-order valence-electron chi connectivity index (χ1n) is 7.69. The Morgan fingerprint density at radius 1 is 1.21 bits per heavy atom. The highest BCUT2D eigenvalue weighted by Crippen LogP contribution is 2.43. The molecule has 1 aliphatic heterocycles. The summed E-state index contributed by atoms with van der Waals surface area (Å²) in [6.45, 7) is 9.70. The Morgan fingerprint density at radius 3 is 2.21 bits per heavy atom. The van der Waals surface area contributed by atoms with Gasteiger partial charge in [-0.05, 0) is 34.6 Å². The molecular weight excluding hydrogens is 321 g/mol. The summed E-state index contributed by atoms with van der Waals surface area (Å²) in [5.41, 5.74) is 0.920. The van der Waals surface area contributed by atoms with Crippen molar-refractivity contribution in [3.63, 3.8) is 0 Å². The predicted octanol–water partition coefficient (Wildman–Crippen LogP) is 4.90. The Balaban J connectivity index is 2.73. The normalized spacial score (nSPS) is 18.0. The van der Waals surface area contributed by atoms with Crippen molar-refractivity contribution in [2.24, 2.45) is 0 Å². The molecule has 1 atom stereocenters. The van der Waals surface area contributed by atoms with Crippen molar-refractivity contribution in [3.8, 4) is 5.75 Å². The maximum absolute atomic E-state index is 13.2. The van der Waals surface area contributed by atoms with Crippen molar-refractivity contribution in [2.45, 2.75) is 58.2 Å². The van der Waals surface area contributed by atoms with Crippen molar-refractivity contribution in [1.29, 1.82) is 0 Å². The summed E-state index contributed by atoms with van der Waals surface area (Å²) < 4.78 is 44.8. The number of aliphatic carboxylic acids is 1. The van der Waals surface area contributed by atoms with Gasteiger partial charge in [-0.15, -0.1) is 0 Å². The quantitative estimate of drug-likeness (QED) is 0.831. The smallest absolute Gasteiger partial charge is 0.430 e. The number of benzene rings is 1. The van der Waals surface area contributed by atoms with Crippen LogP contribution in [0.3, 0.4) is 0 Å². The number of alkyl halides is 3. The minimum absolute atomic E-state index is 0.0605. The van der Waals surface area contributed by atoms with E-state index in [0.29, 0.717) is 11.1 Å². The van der Waals surface area contributed by atoms with Gasteiger partial charge in [0.15, 0.2) is 0 Å². The lowest BCUT2D eigenvalue weighted by Crippen LogP contribution is -2.40. The fourth-order valence-electron chi connectivity index (χ4n) is 2.62. The number of carbonyl (C=O) groups is 1. The van der Waals surface area contributed by atoms with E-state index in [4.69, 9.17) is 9.84 Å². The number of hydrogen-bond acceptors (Lipinski definition) is 2. The summed E-state index contributed by atoms with van der Waals surface area (Å²) in [6, 6.07) is 3.55. The second-order valence-corrected chi connectivity index (χ2v) is 7.33. The minimum Gasteiger partial charge on any atom is -0.478 e. The van der Waals surface area contributed by atoms with Gasteiger partial charge < -0.3 is 9.84 Å². The SMILES string of the molecule is CC(C)c1cc(C(C)(C)C)cc2c1OC(C(F)(F)F)C(C(=O)O)=C2. The minimum atomic E-state index is -4.79. The molecule has 24 heavy (non-hydrogen) atoms. The van der Waals surface area contributed by atoms with E-state index >= 15 is 0 Å². The van der Waals surface area contributed by atoms with Gasteiger partial charge in [0, 0.05) is 5.56 Å². The molecule has 1 aromatic carbocycles. The zero-order valence-electron chi connectivity index (χ0n) is 14.3. The molecule has 0 aliphatic carbocycles. The molecule has 132 valence electrons. The highest BCUT2D eigenvalue weighted by Gasteiger charge is 2.49. The van der Waals surface area contributed by atoms with Gasteiger partial charge in [0.25, 0.3) is 0 Å². The van der Waals surface area contributed by atoms with Crippen LogP contribution < -0.4 is 4.74 Å². The van der Waals surface area contributed by atoms with Crippen LogP contribution in [0.15, 0.2) is 17.7 Å². The number of carboxylic acids is 1. The van der Waals surface area contributed by atoms with E-state index in [9.17, 15) is 18.0 Å². The van der Waals surface area contributed by atoms with Gasteiger partial charge in [0.05, 0.1) is 5.57 Å².